The lowest BCUT2D eigenvalue weighted by atomic mass is 9.93. The number of nitrogens with zero attached hydrogens (tertiary/aromatic N) is 2. The third-order valence-corrected chi connectivity index (χ3v) is 5.94. The Morgan fingerprint density at radius 3 is 2.46 bits per heavy atom. The molecule has 0 N–H and O–H groups in total. The highest BCUT2D eigenvalue weighted by molar-refractivity contribution is 9.10. The van der Waals surface area contributed by atoms with Crippen molar-refractivity contribution in [3.63, 3.8) is 0 Å². The van der Waals surface area contributed by atoms with Crippen LogP contribution < -0.4 is 4.90 Å². The van der Waals surface area contributed by atoms with Crippen LogP contribution in [0.25, 0.3) is 28.0 Å². The fraction of sp³-hybridized carbons (Fsp3) is 0. The topological polar surface area (TPSA) is 16.1 Å². The summed E-state index contributed by atoms with van der Waals surface area (Å²) in [5.41, 5.74) is 5.68. The van der Waals surface area contributed by atoms with Gasteiger partial charge in [-0.3, -0.25) is 4.90 Å². The molecular formula is C25H17BrN2. The first kappa shape index (κ1) is 17.0. The van der Waals surface area contributed by atoms with Crippen molar-refractivity contribution >= 4 is 50.0 Å². The van der Waals surface area contributed by atoms with Gasteiger partial charge in [-0.05, 0) is 56.7 Å². The molecule has 1 aliphatic rings. The van der Waals surface area contributed by atoms with Crippen molar-refractivity contribution in [2.45, 2.75) is 0 Å². The van der Waals surface area contributed by atoms with Crippen molar-refractivity contribution in [3.8, 4) is 11.1 Å². The largest absolute Gasteiger partial charge is 0.293 e. The van der Waals surface area contributed by atoms with Gasteiger partial charge in [0.1, 0.15) is 5.82 Å². The molecule has 1 aliphatic heterocycles. The van der Waals surface area contributed by atoms with Crippen LogP contribution in [0.1, 0.15) is 5.56 Å². The van der Waals surface area contributed by atoms with E-state index >= 15 is 0 Å². The van der Waals surface area contributed by atoms with Gasteiger partial charge in [0, 0.05) is 21.6 Å². The fourth-order valence-electron chi connectivity index (χ4n) is 3.89. The Morgan fingerprint density at radius 1 is 0.857 bits per heavy atom. The molecule has 0 amide bonds. The van der Waals surface area contributed by atoms with Gasteiger partial charge in [-0.25, -0.2) is 4.98 Å². The van der Waals surface area contributed by atoms with Crippen LogP contribution in [-0.2, 0) is 0 Å². The monoisotopic (exact) mass is 424 g/mol. The highest BCUT2D eigenvalue weighted by Crippen LogP contribution is 2.51. The highest BCUT2D eigenvalue weighted by Gasteiger charge is 2.27. The van der Waals surface area contributed by atoms with Gasteiger partial charge in [0.2, 0.25) is 0 Å². The zero-order valence-corrected chi connectivity index (χ0v) is 16.7. The molecule has 5 rings (SSSR count). The zero-order valence-electron chi connectivity index (χ0n) is 15.1. The number of aromatic nitrogens is 1. The molecule has 28 heavy (non-hydrogen) atoms. The number of pyridine rings is 1. The minimum Gasteiger partial charge on any atom is -0.293 e. The molecule has 1 aromatic heterocycles. The maximum absolute atomic E-state index is 4.77. The second-order valence-corrected chi connectivity index (χ2v) is 7.46. The summed E-state index contributed by atoms with van der Waals surface area (Å²) in [7, 11) is 0. The molecule has 2 heterocycles. The first-order valence-electron chi connectivity index (χ1n) is 9.14. The van der Waals surface area contributed by atoms with Gasteiger partial charge in [-0.1, -0.05) is 67.3 Å². The Balaban J connectivity index is 1.85. The van der Waals surface area contributed by atoms with Gasteiger partial charge in [0.05, 0.1) is 11.4 Å². The molecule has 3 aromatic carbocycles. The Labute approximate surface area is 172 Å². The van der Waals surface area contributed by atoms with Crippen LogP contribution in [0.4, 0.5) is 17.2 Å². The van der Waals surface area contributed by atoms with Crippen LogP contribution >= 0.6 is 15.9 Å². The van der Waals surface area contributed by atoms with Gasteiger partial charge in [-0.15, -0.1) is 0 Å². The SMILES string of the molecule is C=C/C=C\c1cccc(N2c3ncccc3-c3cccc4cccc2c34)c1Br. The number of fused-ring (bicyclic) bond motifs is 2. The van der Waals surface area contributed by atoms with Crippen molar-refractivity contribution in [2.75, 3.05) is 4.90 Å². The predicted octanol–water partition coefficient (Wildman–Crippen LogP) is 7.65. The summed E-state index contributed by atoms with van der Waals surface area (Å²) in [6.45, 7) is 3.78. The Morgan fingerprint density at radius 2 is 1.61 bits per heavy atom. The van der Waals surface area contributed by atoms with Gasteiger partial charge < -0.3 is 0 Å². The van der Waals surface area contributed by atoms with Crippen LogP contribution in [0.5, 0.6) is 0 Å². The zero-order chi connectivity index (χ0) is 19.1. The van der Waals surface area contributed by atoms with Crippen molar-refractivity contribution in [2.24, 2.45) is 0 Å². The number of allylic oxidation sites excluding steroid dienone is 2. The van der Waals surface area contributed by atoms with Crippen LogP contribution in [0.3, 0.4) is 0 Å². The molecule has 3 heteroatoms. The molecule has 2 nitrogen and oxygen atoms in total. The van der Waals surface area contributed by atoms with Gasteiger partial charge in [-0.2, -0.15) is 0 Å². The number of halogens is 1. The second-order valence-electron chi connectivity index (χ2n) is 6.67. The first-order valence-corrected chi connectivity index (χ1v) is 9.94. The number of benzene rings is 3. The Bertz CT molecular complexity index is 1250. The van der Waals surface area contributed by atoms with E-state index in [4.69, 9.17) is 4.98 Å². The lowest BCUT2D eigenvalue weighted by molar-refractivity contribution is 1.17. The molecule has 0 unspecified atom stereocenters. The van der Waals surface area contributed by atoms with Crippen LogP contribution in [-0.4, -0.2) is 4.98 Å². The summed E-state index contributed by atoms with van der Waals surface area (Å²) in [6.07, 6.45) is 7.64. The fourth-order valence-corrected chi connectivity index (χ4v) is 4.46. The lowest BCUT2D eigenvalue weighted by Crippen LogP contribution is -2.17. The van der Waals surface area contributed by atoms with E-state index in [1.54, 1.807) is 6.08 Å². The highest BCUT2D eigenvalue weighted by atomic mass is 79.9. The molecule has 0 saturated heterocycles. The molecule has 0 fully saturated rings. The predicted molar refractivity (Wildman–Crippen MR) is 122 cm³/mol. The third-order valence-electron chi connectivity index (χ3n) is 5.07. The van der Waals surface area contributed by atoms with Gasteiger partial charge in [0.25, 0.3) is 0 Å². The van der Waals surface area contributed by atoms with E-state index < -0.39 is 0 Å². The average molecular weight is 425 g/mol. The first-order chi connectivity index (χ1) is 13.8. The number of hydrogen-bond donors (Lipinski definition) is 0. The van der Waals surface area contributed by atoms with Crippen LogP contribution in [0.2, 0.25) is 0 Å². The van der Waals surface area contributed by atoms with Crippen molar-refractivity contribution in [3.05, 3.63) is 102 Å². The van der Waals surface area contributed by atoms with Gasteiger partial charge >= 0.3 is 0 Å². The number of anilines is 3. The van der Waals surface area contributed by atoms with Crippen LogP contribution in [0, 0.1) is 0 Å². The van der Waals surface area contributed by atoms with Gasteiger partial charge in [0.15, 0.2) is 0 Å². The third kappa shape index (κ3) is 2.51. The quantitative estimate of drug-likeness (QED) is 0.276. The molecule has 0 aliphatic carbocycles. The maximum atomic E-state index is 4.77. The summed E-state index contributed by atoms with van der Waals surface area (Å²) in [5, 5.41) is 2.48. The van der Waals surface area contributed by atoms with Crippen molar-refractivity contribution < 1.29 is 0 Å². The van der Waals surface area contributed by atoms with Crippen LogP contribution in [0.15, 0.2) is 96.1 Å². The summed E-state index contributed by atoms with van der Waals surface area (Å²) >= 11 is 3.83. The average Bonchev–Trinajstić information content (AvgIpc) is 2.74. The minimum absolute atomic E-state index is 0.944. The standard InChI is InChI=1S/C25H17BrN2/c1-2-3-8-18-11-6-15-22(24(18)26)28-21-14-5-10-17-9-4-12-19(23(17)21)20-13-7-16-27-25(20)28/h2-16H,1H2/b8-3-. The van der Waals surface area contributed by atoms with Crippen molar-refractivity contribution in [1.29, 1.82) is 0 Å². The molecule has 134 valence electrons. The maximum Gasteiger partial charge on any atom is 0.145 e. The molecular weight excluding hydrogens is 408 g/mol. The molecule has 0 spiro atoms. The lowest BCUT2D eigenvalue weighted by Gasteiger charge is -2.33. The number of hydrogen-bond acceptors (Lipinski definition) is 2. The molecule has 0 radical (unpaired) electrons. The second kappa shape index (κ2) is 6.77. The molecule has 0 bridgehead atoms. The van der Waals surface area contributed by atoms with E-state index in [0.29, 0.717) is 0 Å². The van der Waals surface area contributed by atoms with E-state index in [2.05, 4.69) is 94.1 Å². The minimum atomic E-state index is 0.944. The van der Waals surface area contributed by atoms with Crippen molar-refractivity contribution in [1.82, 2.24) is 4.98 Å². The van der Waals surface area contributed by atoms with E-state index in [1.165, 1.54) is 16.3 Å². The Hall–Kier alpha value is -3.17. The van der Waals surface area contributed by atoms with E-state index in [-0.39, 0.29) is 0 Å². The normalized spacial score (nSPS) is 12.4. The number of rotatable bonds is 3. The Kier molecular flexibility index (Phi) is 4.10. The summed E-state index contributed by atoms with van der Waals surface area (Å²) in [4.78, 5) is 7.02. The van der Waals surface area contributed by atoms with E-state index in [9.17, 15) is 0 Å². The smallest absolute Gasteiger partial charge is 0.145 e. The molecule has 0 saturated carbocycles. The van der Waals surface area contributed by atoms with E-state index in [0.717, 1.165) is 32.8 Å². The summed E-state index contributed by atoms with van der Waals surface area (Å²) in [5.74, 6) is 0.944. The molecule has 0 atom stereocenters. The molecule has 4 aromatic rings. The summed E-state index contributed by atoms with van der Waals surface area (Å²) in [6, 6.07) is 23.3. The van der Waals surface area contributed by atoms with E-state index in [1.807, 2.05) is 18.3 Å². The summed E-state index contributed by atoms with van der Waals surface area (Å²) < 4.78 is 1.03.